The van der Waals surface area contributed by atoms with Crippen molar-refractivity contribution in [2.45, 2.75) is 5.75 Å². The minimum Gasteiger partial charge on any atom is -0.325 e. The summed E-state index contributed by atoms with van der Waals surface area (Å²) in [5.41, 5.74) is 0.436. The van der Waals surface area contributed by atoms with Gasteiger partial charge in [-0.3, -0.25) is 14.9 Å². The van der Waals surface area contributed by atoms with Crippen molar-refractivity contribution in [2.24, 2.45) is 0 Å². The molecule has 0 spiro atoms. The molecule has 0 saturated carbocycles. The van der Waals surface area contributed by atoms with Crippen molar-refractivity contribution < 1.29 is 22.8 Å². The van der Waals surface area contributed by atoms with E-state index in [0.717, 1.165) is 23.5 Å². The van der Waals surface area contributed by atoms with Crippen molar-refractivity contribution in [3.63, 3.8) is 0 Å². The molecule has 0 radical (unpaired) electrons. The zero-order valence-corrected chi connectivity index (χ0v) is 16.4. The van der Waals surface area contributed by atoms with Gasteiger partial charge in [0.2, 0.25) is 5.91 Å². The summed E-state index contributed by atoms with van der Waals surface area (Å²) in [6.45, 7) is 0. The number of nitrogens with one attached hydrogen (secondary N) is 2. The number of carbonyl (C=O) groups excluding carboxylic acids is 2. The second kappa shape index (κ2) is 9.57. The molecular formula is C19H14F3N3O2S2. The molecule has 1 aromatic heterocycles. The second-order valence-corrected chi connectivity index (χ2v) is 7.59. The zero-order valence-electron chi connectivity index (χ0n) is 14.7. The molecule has 29 heavy (non-hydrogen) atoms. The van der Waals surface area contributed by atoms with Crippen molar-refractivity contribution in [1.82, 2.24) is 4.98 Å². The van der Waals surface area contributed by atoms with Crippen LogP contribution < -0.4 is 10.6 Å². The smallest absolute Gasteiger partial charge is 0.263 e. The molecule has 1 heterocycles. The number of hydrogen-bond donors (Lipinski definition) is 2. The number of hydrogen-bond acceptors (Lipinski definition) is 5. The molecule has 0 atom stereocenters. The van der Waals surface area contributed by atoms with E-state index in [1.54, 1.807) is 5.38 Å². The molecule has 0 aliphatic heterocycles. The van der Waals surface area contributed by atoms with E-state index in [-0.39, 0.29) is 22.6 Å². The van der Waals surface area contributed by atoms with Gasteiger partial charge in [0, 0.05) is 16.8 Å². The molecule has 3 aromatic rings. The van der Waals surface area contributed by atoms with Gasteiger partial charge in [0.05, 0.1) is 11.4 Å². The van der Waals surface area contributed by atoms with Crippen LogP contribution in [0, 0.1) is 17.5 Å². The first-order chi connectivity index (χ1) is 13.9. The van der Waals surface area contributed by atoms with E-state index in [9.17, 15) is 22.8 Å². The minimum atomic E-state index is -0.956. The summed E-state index contributed by atoms with van der Waals surface area (Å²) in [4.78, 5) is 28.1. The molecular weight excluding hydrogens is 423 g/mol. The van der Waals surface area contributed by atoms with Gasteiger partial charge in [0.25, 0.3) is 5.91 Å². The Morgan fingerprint density at radius 1 is 1.00 bits per heavy atom. The SMILES string of the molecule is O=C(CSCc1csc(NC(=O)c2c(F)cccc2F)n1)Nc1ccc(F)cc1. The zero-order chi connectivity index (χ0) is 20.8. The maximum Gasteiger partial charge on any atom is 0.263 e. The molecule has 3 rings (SSSR count). The van der Waals surface area contributed by atoms with Crippen LogP contribution in [0.5, 0.6) is 0 Å². The second-order valence-electron chi connectivity index (χ2n) is 5.74. The lowest BCUT2D eigenvalue weighted by Gasteiger charge is -2.05. The number of thiazole rings is 1. The van der Waals surface area contributed by atoms with Gasteiger partial charge in [0.15, 0.2) is 5.13 Å². The van der Waals surface area contributed by atoms with E-state index < -0.39 is 23.1 Å². The Bertz CT molecular complexity index is 1010. The van der Waals surface area contributed by atoms with E-state index in [4.69, 9.17) is 0 Å². The lowest BCUT2D eigenvalue weighted by molar-refractivity contribution is -0.113. The lowest BCUT2D eigenvalue weighted by Crippen LogP contribution is -2.15. The van der Waals surface area contributed by atoms with E-state index in [1.165, 1.54) is 42.1 Å². The highest BCUT2D eigenvalue weighted by Crippen LogP contribution is 2.21. The Kier molecular flexibility index (Phi) is 6.89. The highest BCUT2D eigenvalue weighted by Gasteiger charge is 2.18. The predicted octanol–water partition coefficient (Wildman–Crippen LogP) is 4.68. The molecule has 5 nitrogen and oxygen atoms in total. The average molecular weight is 437 g/mol. The predicted molar refractivity (Wildman–Crippen MR) is 108 cm³/mol. The Morgan fingerprint density at radius 2 is 1.69 bits per heavy atom. The number of benzene rings is 2. The van der Waals surface area contributed by atoms with Gasteiger partial charge in [0.1, 0.15) is 23.0 Å². The van der Waals surface area contributed by atoms with Crippen LogP contribution >= 0.6 is 23.1 Å². The van der Waals surface area contributed by atoms with Crippen LogP contribution in [-0.2, 0) is 10.5 Å². The summed E-state index contributed by atoms with van der Waals surface area (Å²) in [5.74, 6) is -2.92. The van der Waals surface area contributed by atoms with Crippen LogP contribution in [0.25, 0.3) is 0 Å². The fourth-order valence-corrected chi connectivity index (χ4v) is 3.81. The first kappa shape index (κ1) is 20.9. The van der Waals surface area contributed by atoms with E-state index >= 15 is 0 Å². The molecule has 0 aliphatic carbocycles. The van der Waals surface area contributed by atoms with Gasteiger partial charge in [-0.2, -0.15) is 0 Å². The standard InChI is InChI=1S/C19H14F3N3O2S2/c20-11-4-6-12(7-5-11)23-16(26)10-28-8-13-9-29-19(24-13)25-18(27)17-14(21)2-1-3-15(17)22/h1-7,9H,8,10H2,(H,23,26)(H,24,25,27). The minimum absolute atomic E-state index is 0.150. The van der Waals surface area contributed by atoms with Gasteiger partial charge < -0.3 is 5.32 Å². The maximum absolute atomic E-state index is 13.6. The highest BCUT2D eigenvalue weighted by molar-refractivity contribution is 7.99. The summed E-state index contributed by atoms with van der Waals surface area (Å²) < 4.78 is 40.1. The first-order valence-corrected chi connectivity index (χ1v) is 10.3. The van der Waals surface area contributed by atoms with E-state index in [0.29, 0.717) is 17.1 Å². The molecule has 2 amide bonds. The largest absolute Gasteiger partial charge is 0.325 e. The Hall–Kier alpha value is -2.85. The number of thioether (sulfide) groups is 1. The van der Waals surface area contributed by atoms with Gasteiger partial charge in [-0.05, 0) is 36.4 Å². The first-order valence-electron chi connectivity index (χ1n) is 8.25. The lowest BCUT2D eigenvalue weighted by atomic mass is 10.2. The monoisotopic (exact) mass is 437 g/mol. The molecule has 0 aliphatic rings. The summed E-state index contributed by atoms with van der Waals surface area (Å²) in [7, 11) is 0. The molecule has 10 heteroatoms. The number of anilines is 2. The Labute approximate surface area is 172 Å². The molecule has 0 fully saturated rings. The van der Waals surface area contributed by atoms with Crippen LogP contribution in [0.2, 0.25) is 0 Å². The highest BCUT2D eigenvalue weighted by atomic mass is 32.2. The summed E-state index contributed by atoms with van der Waals surface area (Å²) in [5, 5.41) is 6.89. The topological polar surface area (TPSA) is 71.1 Å². The third kappa shape index (κ3) is 5.81. The molecule has 0 bridgehead atoms. The van der Waals surface area contributed by atoms with Crippen molar-refractivity contribution in [1.29, 1.82) is 0 Å². The molecule has 2 aromatic carbocycles. The average Bonchev–Trinajstić information content (AvgIpc) is 3.10. The maximum atomic E-state index is 13.6. The van der Waals surface area contributed by atoms with E-state index in [1.807, 2.05) is 0 Å². The van der Waals surface area contributed by atoms with Crippen molar-refractivity contribution in [3.8, 4) is 0 Å². The molecule has 150 valence electrons. The number of aromatic nitrogens is 1. The molecule has 0 saturated heterocycles. The summed E-state index contributed by atoms with van der Waals surface area (Å²) >= 11 is 2.41. The van der Waals surface area contributed by atoms with Crippen LogP contribution in [0.4, 0.5) is 24.0 Å². The fraction of sp³-hybridized carbons (Fsp3) is 0.105. The van der Waals surface area contributed by atoms with Crippen molar-refractivity contribution in [3.05, 3.63) is 76.6 Å². The molecule has 0 unspecified atom stereocenters. The van der Waals surface area contributed by atoms with Gasteiger partial charge >= 0.3 is 0 Å². The summed E-state index contributed by atoms with van der Waals surface area (Å²) in [6.07, 6.45) is 0. The van der Waals surface area contributed by atoms with Crippen molar-refractivity contribution in [2.75, 3.05) is 16.4 Å². The third-order valence-corrected chi connectivity index (χ3v) is 5.35. The number of amides is 2. The Balaban J connectivity index is 1.48. The van der Waals surface area contributed by atoms with Gasteiger partial charge in [-0.25, -0.2) is 18.2 Å². The normalized spacial score (nSPS) is 10.6. The third-order valence-electron chi connectivity index (χ3n) is 3.57. The quantitative estimate of drug-likeness (QED) is 0.563. The van der Waals surface area contributed by atoms with Crippen molar-refractivity contribution >= 4 is 45.7 Å². The van der Waals surface area contributed by atoms with Crippen LogP contribution in [-0.4, -0.2) is 22.6 Å². The Morgan fingerprint density at radius 3 is 2.38 bits per heavy atom. The number of nitrogens with zero attached hydrogens (tertiary/aromatic N) is 1. The van der Waals surface area contributed by atoms with Gasteiger partial charge in [-0.1, -0.05) is 6.07 Å². The van der Waals surface area contributed by atoms with Crippen LogP contribution in [0.1, 0.15) is 16.1 Å². The molecule has 2 N–H and O–H groups in total. The number of carbonyl (C=O) groups is 2. The van der Waals surface area contributed by atoms with Crippen LogP contribution in [0.3, 0.4) is 0 Å². The van der Waals surface area contributed by atoms with E-state index in [2.05, 4.69) is 15.6 Å². The van der Waals surface area contributed by atoms with Crippen LogP contribution in [0.15, 0.2) is 47.8 Å². The van der Waals surface area contributed by atoms with Gasteiger partial charge in [-0.15, -0.1) is 23.1 Å². The summed E-state index contributed by atoms with van der Waals surface area (Å²) in [6, 6.07) is 8.60. The number of halogens is 3. The number of rotatable bonds is 7. The fourth-order valence-electron chi connectivity index (χ4n) is 2.28.